The maximum atomic E-state index is 11.5. The Morgan fingerprint density at radius 3 is 1.34 bits per heavy atom. The molecule has 0 radical (unpaired) electrons. The van der Waals surface area contributed by atoms with E-state index in [1.54, 1.807) is 0 Å². The van der Waals surface area contributed by atoms with Gasteiger partial charge in [-0.05, 0) is 25.7 Å². The smallest absolute Gasteiger partial charge is 0.748 e. The van der Waals surface area contributed by atoms with Gasteiger partial charge in [-0.2, -0.15) is 0 Å². The second-order valence-electron chi connectivity index (χ2n) is 8.49. The van der Waals surface area contributed by atoms with Crippen molar-refractivity contribution in [2.45, 2.75) is 147 Å². The van der Waals surface area contributed by atoms with Gasteiger partial charge in [-0.3, -0.25) is 0 Å². The average molecular weight is 443 g/mol. The number of hydrogen-bond donors (Lipinski definition) is 1. The van der Waals surface area contributed by atoms with E-state index in [1.807, 2.05) is 6.92 Å². The molecule has 29 heavy (non-hydrogen) atoms. The van der Waals surface area contributed by atoms with Crippen LogP contribution in [0.5, 0.6) is 0 Å². The fraction of sp³-hybridized carbons (Fsp3) is 1.00. The Hall–Kier alpha value is 0.870. The zero-order valence-corrected chi connectivity index (χ0v) is 22.5. The standard InChI is InChI=1S/C23H48O4S.Na/c1-3-5-6-7-8-9-10-11-12-13-17-20-23(28(25,26)27)21-18-15-14-16-19-22(24)4-2;/h22-24H,3-21H2,1-2H3,(H,25,26,27);/q;+1/p-1. The zero-order valence-electron chi connectivity index (χ0n) is 19.7. The van der Waals surface area contributed by atoms with Crippen molar-refractivity contribution in [3.05, 3.63) is 0 Å². The molecule has 0 bridgehead atoms. The Morgan fingerprint density at radius 2 is 1.00 bits per heavy atom. The molecule has 0 rings (SSSR count). The molecule has 4 nitrogen and oxygen atoms in total. The minimum absolute atomic E-state index is 0. The van der Waals surface area contributed by atoms with E-state index in [0.29, 0.717) is 12.8 Å². The molecular weight excluding hydrogens is 395 g/mol. The summed E-state index contributed by atoms with van der Waals surface area (Å²) < 4.78 is 34.5. The quantitative estimate of drug-likeness (QED) is 0.167. The normalized spacial score (nSPS) is 13.8. The van der Waals surface area contributed by atoms with Gasteiger partial charge in [0.15, 0.2) is 0 Å². The van der Waals surface area contributed by atoms with Crippen LogP contribution in [0.1, 0.15) is 136 Å². The minimum Gasteiger partial charge on any atom is -0.748 e. The van der Waals surface area contributed by atoms with Crippen molar-refractivity contribution in [3.8, 4) is 0 Å². The van der Waals surface area contributed by atoms with E-state index in [2.05, 4.69) is 6.92 Å². The fourth-order valence-electron chi connectivity index (χ4n) is 3.78. The van der Waals surface area contributed by atoms with Crippen LogP contribution < -0.4 is 29.6 Å². The Morgan fingerprint density at radius 1 is 0.655 bits per heavy atom. The summed E-state index contributed by atoms with van der Waals surface area (Å²) in [6.07, 6.45) is 19.7. The molecule has 0 amide bonds. The van der Waals surface area contributed by atoms with Crippen LogP contribution in [0.2, 0.25) is 0 Å². The molecule has 0 aromatic rings. The Labute approximate surface area is 204 Å². The summed E-state index contributed by atoms with van der Waals surface area (Å²) in [4.78, 5) is 0. The minimum atomic E-state index is -4.18. The van der Waals surface area contributed by atoms with Crippen LogP contribution >= 0.6 is 0 Å². The van der Waals surface area contributed by atoms with E-state index in [0.717, 1.165) is 57.8 Å². The van der Waals surface area contributed by atoms with E-state index in [-0.39, 0.29) is 35.7 Å². The van der Waals surface area contributed by atoms with Crippen molar-refractivity contribution in [2.75, 3.05) is 0 Å². The van der Waals surface area contributed by atoms with Gasteiger partial charge in [0, 0.05) is 5.25 Å². The van der Waals surface area contributed by atoms with Crippen molar-refractivity contribution in [2.24, 2.45) is 0 Å². The molecule has 0 aromatic carbocycles. The summed E-state index contributed by atoms with van der Waals surface area (Å²) in [6, 6.07) is 0. The first-order valence-electron chi connectivity index (χ1n) is 12.0. The number of aliphatic hydroxyl groups is 1. The molecule has 170 valence electrons. The van der Waals surface area contributed by atoms with E-state index in [1.165, 1.54) is 51.4 Å². The van der Waals surface area contributed by atoms with Crippen molar-refractivity contribution < 1.29 is 47.6 Å². The molecule has 0 aromatic heterocycles. The third-order valence-corrected chi connectivity index (χ3v) is 7.11. The molecule has 0 heterocycles. The molecule has 0 fully saturated rings. The number of rotatable bonds is 21. The van der Waals surface area contributed by atoms with Crippen molar-refractivity contribution in [1.82, 2.24) is 0 Å². The molecule has 0 aliphatic heterocycles. The zero-order chi connectivity index (χ0) is 21.1. The summed E-state index contributed by atoms with van der Waals surface area (Å²) >= 11 is 0. The maximum Gasteiger partial charge on any atom is 1.00 e. The topological polar surface area (TPSA) is 77.4 Å². The van der Waals surface area contributed by atoms with Crippen LogP contribution in [0.3, 0.4) is 0 Å². The summed E-state index contributed by atoms with van der Waals surface area (Å²) in [6.45, 7) is 4.21. The SMILES string of the molecule is CCCCCCCCCCCCCC(CCCCCCC(O)CC)S(=O)(=O)[O-].[Na+]. The van der Waals surface area contributed by atoms with Gasteiger partial charge < -0.3 is 9.66 Å². The first-order chi connectivity index (χ1) is 13.4. The van der Waals surface area contributed by atoms with Gasteiger partial charge in [0.1, 0.15) is 0 Å². The van der Waals surface area contributed by atoms with Crippen LogP contribution in [-0.2, 0) is 10.1 Å². The van der Waals surface area contributed by atoms with Gasteiger partial charge in [0.05, 0.1) is 16.2 Å². The third-order valence-electron chi connectivity index (χ3n) is 5.82. The monoisotopic (exact) mass is 442 g/mol. The summed E-state index contributed by atoms with van der Waals surface area (Å²) in [5.74, 6) is 0. The number of hydrogen-bond acceptors (Lipinski definition) is 4. The molecule has 1 N–H and O–H groups in total. The predicted molar refractivity (Wildman–Crippen MR) is 119 cm³/mol. The summed E-state index contributed by atoms with van der Waals surface area (Å²) in [5, 5.41) is 8.82. The van der Waals surface area contributed by atoms with E-state index < -0.39 is 15.4 Å². The molecule has 2 unspecified atom stereocenters. The Kier molecular flexibility index (Phi) is 24.4. The molecule has 6 heteroatoms. The van der Waals surface area contributed by atoms with E-state index in [9.17, 15) is 18.1 Å². The molecule has 0 saturated heterocycles. The van der Waals surface area contributed by atoms with Crippen molar-refractivity contribution in [1.29, 1.82) is 0 Å². The largest absolute Gasteiger partial charge is 1.00 e. The van der Waals surface area contributed by atoms with Crippen LogP contribution in [0.4, 0.5) is 0 Å². The van der Waals surface area contributed by atoms with Crippen molar-refractivity contribution >= 4 is 10.1 Å². The Bertz CT molecular complexity index is 429. The second-order valence-corrected chi connectivity index (χ2v) is 10.1. The molecule has 0 aliphatic carbocycles. The molecule has 0 aliphatic rings. The maximum absolute atomic E-state index is 11.5. The fourth-order valence-corrected chi connectivity index (χ4v) is 4.69. The van der Waals surface area contributed by atoms with Crippen LogP contribution in [0.25, 0.3) is 0 Å². The second kappa shape index (κ2) is 22.1. The van der Waals surface area contributed by atoms with Crippen LogP contribution in [0.15, 0.2) is 0 Å². The number of aliphatic hydroxyl groups excluding tert-OH is 1. The predicted octanol–water partition coefficient (Wildman–Crippen LogP) is 3.72. The van der Waals surface area contributed by atoms with Crippen LogP contribution in [0, 0.1) is 0 Å². The Balaban J connectivity index is 0. The summed E-state index contributed by atoms with van der Waals surface area (Å²) in [7, 11) is -4.18. The van der Waals surface area contributed by atoms with E-state index in [4.69, 9.17) is 0 Å². The first kappa shape index (κ1) is 32.1. The van der Waals surface area contributed by atoms with Gasteiger partial charge in [-0.15, -0.1) is 0 Å². The molecule has 0 spiro atoms. The molecule has 0 saturated carbocycles. The van der Waals surface area contributed by atoms with Crippen molar-refractivity contribution in [3.63, 3.8) is 0 Å². The average Bonchev–Trinajstić information content (AvgIpc) is 2.65. The number of unbranched alkanes of at least 4 members (excludes halogenated alkanes) is 13. The van der Waals surface area contributed by atoms with Crippen LogP contribution in [-0.4, -0.2) is 29.4 Å². The van der Waals surface area contributed by atoms with Gasteiger partial charge in [-0.1, -0.05) is 110 Å². The third kappa shape index (κ3) is 21.9. The van der Waals surface area contributed by atoms with Gasteiger partial charge in [0.2, 0.25) is 0 Å². The van der Waals surface area contributed by atoms with Gasteiger partial charge in [0.25, 0.3) is 0 Å². The summed E-state index contributed by atoms with van der Waals surface area (Å²) in [5.41, 5.74) is 0. The van der Waals surface area contributed by atoms with E-state index >= 15 is 0 Å². The first-order valence-corrected chi connectivity index (χ1v) is 13.5. The van der Waals surface area contributed by atoms with Gasteiger partial charge in [-0.25, -0.2) is 8.42 Å². The molecular formula is C23H47NaO4S. The molecule has 2 atom stereocenters. The van der Waals surface area contributed by atoms with Gasteiger partial charge >= 0.3 is 29.6 Å².